The van der Waals surface area contributed by atoms with Gasteiger partial charge in [-0.05, 0) is 43.0 Å². The van der Waals surface area contributed by atoms with Gasteiger partial charge in [0.05, 0.1) is 6.20 Å². The number of rotatable bonds is 3. The maximum Gasteiger partial charge on any atom is 0.293 e. The molecule has 2 heterocycles. The van der Waals surface area contributed by atoms with E-state index in [0.29, 0.717) is 5.89 Å². The van der Waals surface area contributed by atoms with Crippen LogP contribution in [0.5, 0.6) is 0 Å². The summed E-state index contributed by atoms with van der Waals surface area (Å²) >= 11 is 0. The number of nitrogens with one attached hydrogen (secondary N) is 1. The zero-order chi connectivity index (χ0) is 15.5. The number of aromatic nitrogens is 1. The number of nitrogens with zero attached hydrogens (tertiary/aromatic N) is 2. The van der Waals surface area contributed by atoms with Crippen LogP contribution in [-0.4, -0.2) is 24.0 Å². The van der Waals surface area contributed by atoms with Crippen molar-refractivity contribution in [2.75, 3.05) is 23.3 Å². The third kappa shape index (κ3) is 3.30. The standard InChI is InChI=1S/C17H21N3O2/c1-12-7-9-20(10-8-12)15-5-3-14(4-6-15)19-17(21)16-11-18-13(2)22-16/h3-6,11-12H,7-10H2,1-2H3,(H,19,21). The number of oxazole rings is 1. The minimum Gasteiger partial charge on any atom is -0.436 e. The molecule has 0 unspecified atom stereocenters. The van der Waals surface area contributed by atoms with Crippen molar-refractivity contribution in [1.82, 2.24) is 4.98 Å². The first-order valence-electron chi connectivity index (χ1n) is 7.70. The Kier molecular flexibility index (Phi) is 4.13. The van der Waals surface area contributed by atoms with E-state index in [1.54, 1.807) is 6.92 Å². The monoisotopic (exact) mass is 299 g/mol. The summed E-state index contributed by atoms with van der Waals surface area (Å²) < 4.78 is 5.22. The van der Waals surface area contributed by atoms with Crippen LogP contribution in [0.2, 0.25) is 0 Å². The predicted octanol–water partition coefficient (Wildman–Crippen LogP) is 3.47. The summed E-state index contributed by atoms with van der Waals surface area (Å²) in [6, 6.07) is 7.96. The molecule has 0 atom stereocenters. The highest BCUT2D eigenvalue weighted by atomic mass is 16.4. The SMILES string of the molecule is Cc1ncc(C(=O)Nc2ccc(N3CCC(C)CC3)cc2)o1. The zero-order valence-electron chi connectivity index (χ0n) is 13.0. The largest absolute Gasteiger partial charge is 0.436 e. The molecule has 1 aromatic carbocycles. The van der Waals surface area contributed by atoms with Crippen molar-refractivity contribution in [3.8, 4) is 0 Å². The molecule has 2 aromatic rings. The van der Waals surface area contributed by atoms with E-state index in [2.05, 4.69) is 34.3 Å². The van der Waals surface area contributed by atoms with Gasteiger partial charge in [-0.1, -0.05) is 6.92 Å². The lowest BCUT2D eigenvalue weighted by molar-refractivity contribution is 0.0995. The van der Waals surface area contributed by atoms with Crippen molar-refractivity contribution in [3.05, 3.63) is 42.1 Å². The normalized spacial score (nSPS) is 15.8. The molecule has 1 amide bonds. The number of anilines is 2. The van der Waals surface area contributed by atoms with Crippen LogP contribution in [0.25, 0.3) is 0 Å². The van der Waals surface area contributed by atoms with Crippen molar-refractivity contribution in [2.45, 2.75) is 26.7 Å². The van der Waals surface area contributed by atoms with Gasteiger partial charge < -0.3 is 14.6 Å². The molecule has 0 spiro atoms. The van der Waals surface area contributed by atoms with E-state index in [-0.39, 0.29) is 11.7 Å². The number of hydrogen-bond acceptors (Lipinski definition) is 4. The minimum absolute atomic E-state index is 0.228. The lowest BCUT2D eigenvalue weighted by atomic mass is 9.99. The summed E-state index contributed by atoms with van der Waals surface area (Å²) in [6.07, 6.45) is 3.92. The fourth-order valence-electron chi connectivity index (χ4n) is 2.68. The molecule has 1 fully saturated rings. The van der Waals surface area contributed by atoms with Crippen LogP contribution < -0.4 is 10.2 Å². The summed E-state index contributed by atoms with van der Waals surface area (Å²) in [5.74, 6) is 1.26. The van der Waals surface area contributed by atoms with E-state index in [1.165, 1.54) is 24.7 Å². The highest BCUT2D eigenvalue weighted by Gasteiger charge is 2.16. The lowest BCUT2D eigenvalue weighted by Gasteiger charge is -2.32. The number of piperidine rings is 1. The maximum absolute atomic E-state index is 12.0. The Labute approximate surface area is 130 Å². The van der Waals surface area contributed by atoms with Crippen LogP contribution in [-0.2, 0) is 0 Å². The van der Waals surface area contributed by atoms with Crippen LogP contribution in [0.15, 0.2) is 34.9 Å². The van der Waals surface area contributed by atoms with E-state index in [9.17, 15) is 4.79 Å². The van der Waals surface area contributed by atoms with Gasteiger partial charge >= 0.3 is 0 Å². The maximum atomic E-state index is 12.0. The molecule has 5 heteroatoms. The summed E-state index contributed by atoms with van der Waals surface area (Å²) in [5.41, 5.74) is 1.97. The third-order valence-corrected chi connectivity index (χ3v) is 4.12. The summed E-state index contributed by atoms with van der Waals surface area (Å²) in [5, 5.41) is 2.82. The number of aryl methyl sites for hydroxylation is 1. The number of carbonyl (C=O) groups excluding carboxylic acids is 1. The average Bonchev–Trinajstić information content (AvgIpc) is 2.96. The van der Waals surface area contributed by atoms with Gasteiger partial charge in [0.1, 0.15) is 0 Å². The molecule has 1 aromatic heterocycles. The predicted molar refractivity (Wildman–Crippen MR) is 86.2 cm³/mol. The third-order valence-electron chi connectivity index (χ3n) is 4.12. The van der Waals surface area contributed by atoms with Crippen LogP contribution in [0, 0.1) is 12.8 Å². The van der Waals surface area contributed by atoms with Crippen molar-refractivity contribution in [1.29, 1.82) is 0 Å². The molecule has 0 bridgehead atoms. The van der Waals surface area contributed by atoms with E-state index >= 15 is 0 Å². The van der Waals surface area contributed by atoms with Gasteiger partial charge in [-0.2, -0.15) is 0 Å². The zero-order valence-corrected chi connectivity index (χ0v) is 13.0. The number of benzene rings is 1. The van der Waals surface area contributed by atoms with Crippen LogP contribution >= 0.6 is 0 Å². The molecular formula is C17H21N3O2. The smallest absolute Gasteiger partial charge is 0.293 e. The number of carbonyl (C=O) groups is 1. The van der Waals surface area contributed by atoms with Crippen LogP contribution in [0.4, 0.5) is 11.4 Å². The van der Waals surface area contributed by atoms with Gasteiger partial charge in [0.25, 0.3) is 5.91 Å². The first-order chi connectivity index (χ1) is 10.6. The highest BCUT2D eigenvalue weighted by Crippen LogP contribution is 2.24. The van der Waals surface area contributed by atoms with Gasteiger partial charge in [-0.25, -0.2) is 4.98 Å². The number of hydrogen-bond donors (Lipinski definition) is 1. The Bertz CT molecular complexity index is 640. The molecule has 0 aliphatic carbocycles. The van der Waals surface area contributed by atoms with Crippen molar-refractivity contribution < 1.29 is 9.21 Å². The van der Waals surface area contributed by atoms with Crippen LogP contribution in [0.3, 0.4) is 0 Å². The van der Waals surface area contributed by atoms with E-state index in [4.69, 9.17) is 4.42 Å². The second-order valence-corrected chi connectivity index (χ2v) is 5.91. The molecule has 1 N–H and O–H groups in total. The average molecular weight is 299 g/mol. The van der Waals surface area contributed by atoms with E-state index in [1.807, 2.05) is 12.1 Å². The van der Waals surface area contributed by atoms with Crippen molar-refractivity contribution in [3.63, 3.8) is 0 Å². The molecular weight excluding hydrogens is 278 g/mol. The molecule has 1 saturated heterocycles. The van der Waals surface area contributed by atoms with E-state index in [0.717, 1.165) is 24.7 Å². The Morgan fingerprint density at radius 2 is 1.95 bits per heavy atom. The Morgan fingerprint density at radius 1 is 1.27 bits per heavy atom. The summed E-state index contributed by atoms with van der Waals surface area (Å²) in [6.45, 7) is 6.22. The topological polar surface area (TPSA) is 58.4 Å². The summed E-state index contributed by atoms with van der Waals surface area (Å²) in [4.78, 5) is 18.3. The van der Waals surface area contributed by atoms with Gasteiger partial charge in [0.15, 0.2) is 5.89 Å². The fourth-order valence-corrected chi connectivity index (χ4v) is 2.68. The minimum atomic E-state index is -0.278. The molecule has 3 rings (SSSR count). The Morgan fingerprint density at radius 3 is 2.55 bits per heavy atom. The molecule has 1 aliphatic heterocycles. The molecule has 116 valence electrons. The second-order valence-electron chi connectivity index (χ2n) is 5.91. The molecule has 22 heavy (non-hydrogen) atoms. The second kappa shape index (κ2) is 6.22. The Hall–Kier alpha value is -2.30. The van der Waals surface area contributed by atoms with Crippen molar-refractivity contribution in [2.24, 2.45) is 5.92 Å². The van der Waals surface area contributed by atoms with Crippen LogP contribution in [0.1, 0.15) is 36.2 Å². The Balaban J connectivity index is 1.63. The van der Waals surface area contributed by atoms with Gasteiger partial charge in [-0.3, -0.25) is 4.79 Å². The fraction of sp³-hybridized carbons (Fsp3) is 0.412. The lowest BCUT2D eigenvalue weighted by Crippen LogP contribution is -2.32. The number of amides is 1. The van der Waals surface area contributed by atoms with Gasteiger partial charge in [0, 0.05) is 31.4 Å². The molecule has 0 radical (unpaired) electrons. The molecule has 5 nitrogen and oxygen atoms in total. The van der Waals surface area contributed by atoms with Crippen molar-refractivity contribution >= 4 is 17.3 Å². The molecule has 1 aliphatic rings. The van der Waals surface area contributed by atoms with Gasteiger partial charge in [0.2, 0.25) is 5.76 Å². The first-order valence-corrected chi connectivity index (χ1v) is 7.70. The quantitative estimate of drug-likeness (QED) is 0.942. The van der Waals surface area contributed by atoms with Gasteiger partial charge in [-0.15, -0.1) is 0 Å². The summed E-state index contributed by atoms with van der Waals surface area (Å²) in [7, 11) is 0. The molecule has 0 saturated carbocycles. The highest BCUT2D eigenvalue weighted by molar-refractivity contribution is 6.02. The van der Waals surface area contributed by atoms with E-state index < -0.39 is 0 Å². The first kappa shape index (κ1) is 14.6.